The number of hydrogen-bond acceptors (Lipinski definition) is 2. The van der Waals surface area contributed by atoms with Gasteiger partial charge in [0.25, 0.3) is 0 Å². The van der Waals surface area contributed by atoms with Crippen molar-refractivity contribution in [3.05, 3.63) is 63.7 Å². The van der Waals surface area contributed by atoms with E-state index >= 15 is 0 Å². The zero-order valence-corrected chi connectivity index (χ0v) is 12.5. The van der Waals surface area contributed by atoms with Gasteiger partial charge < -0.3 is 10.1 Å². The molecule has 3 rings (SSSR count). The van der Waals surface area contributed by atoms with Gasteiger partial charge in [-0.3, -0.25) is 0 Å². The van der Waals surface area contributed by atoms with Crippen LogP contribution in [0.25, 0.3) is 0 Å². The molecule has 104 valence electrons. The fourth-order valence-corrected chi connectivity index (χ4v) is 3.02. The maximum absolute atomic E-state index is 6.47. The summed E-state index contributed by atoms with van der Waals surface area (Å²) in [6, 6.07) is 12.7. The van der Waals surface area contributed by atoms with Crippen LogP contribution in [0.1, 0.15) is 28.3 Å². The number of rotatable bonds is 3. The summed E-state index contributed by atoms with van der Waals surface area (Å²) >= 11 is 6.47. The zero-order valence-electron chi connectivity index (χ0n) is 11.7. The van der Waals surface area contributed by atoms with Crippen LogP contribution < -0.4 is 10.1 Å². The molecule has 1 aliphatic heterocycles. The van der Waals surface area contributed by atoms with Crippen molar-refractivity contribution in [3.8, 4) is 5.75 Å². The van der Waals surface area contributed by atoms with Gasteiger partial charge in [0.1, 0.15) is 5.75 Å². The Kier molecular flexibility index (Phi) is 3.68. The monoisotopic (exact) mass is 287 g/mol. The van der Waals surface area contributed by atoms with Crippen LogP contribution in [0.4, 0.5) is 0 Å². The van der Waals surface area contributed by atoms with E-state index in [2.05, 4.69) is 35.6 Å². The Labute approximate surface area is 124 Å². The number of aryl methyl sites for hydroxylation is 1. The summed E-state index contributed by atoms with van der Waals surface area (Å²) in [6.45, 7) is 2.82. The van der Waals surface area contributed by atoms with Gasteiger partial charge in [0.15, 0.2) is 0 Å². The molecule has 1 atom stereocenters. The van der Waals surface area contributed by atoms with Crippen molar-refractivity contribution in [2.75, 3.05) is 13.7 Å². The Bertz CT molecular complexity index is 639. The minimum atomic E-state index is 0.105. The molecule has 0 aromatic heterocycles. The van der Waals surface area contributed by atoms with Crippen molar-refractivity contribution in [2.45, 2.75) is 19.4 Å². The second-order valence-corrected chi connectivity index (χ2v) is 5.54. The smallest absolute Gasteiger partial charge is 0.122 e. The van der Waals surface area contributed by atoms with Crippen LogP contribution in [0.15, 0.2) is 36.4 Å². The van der Waals surface area contributed by atoms with Gasteiger partial charge in [-0.1, -0.05) is 41.9 Å². The molecule has 1 N–H and O–H groups in total. The van der Waals surface area contributed by atoms with Crippen molar-refractivity contribution in [2.24, 2.45) is 0 Å². The maximum atomic E-state index is 6.47. The average molecular weight is 288 g/mol. The van der Waals surface area contributed by atoms with E-state index in [4.69, 9.17) is 16.3 Å². The lowest BCUT2D eigenvalue weighted by Crippen LogP contribution is -2.18. The van der Waals surface area contributed by atoms with Crippen molar-refractivity contribution in [1.82, 2.24) is 5.32 Å². The standard InChI is InChI=1S/C17H18ClNO/c1-11-4-3-5-14(16(11)18)17(19-2)13-6-7-15-12(10-13)8-9-20-15/h3-7,10,17,19H,8-9H2,1-2H3. The second-order valence-electron chi connectivity index (χ2n) is 5.17. The molecular weight excluding hydrogens is 270 g/mol. The molecule has 2 aromatic carbocycles. The molecule has 0 spiro atoms. The minimum absolute atomic E-state index is 0.105. The first-order valence-electron chi connectivity index (χ1n) is 6.88. The van der Waals surface area contributed by atoms with Crippen LogP contribution in [-0.2, 0) is 6.42 Å². The molecule has 2 aromatic rings. The van der Waals surface area contributed by atoms with Gasteiger partial charge in [0.05, 0.1) is 12.6 Å². The van der Waals surface area contributed by atoms with E-state index in [0.29, 0.717) is 0 Å². The Morgan fingerprint density at radius 2 is 2.10 bits per heavy atom. The highest BCUT2D eigenvalue weighted by Gasteiger charge is 2.19. The van der Waals surface area contributed by atoms with Gasteiger partial charge in [-0.05, 0) is 42.3 Å². The molecule has 0 aliphatic carbocycles. The van der Waals surface area contributed by atoms with E-state index in [-0.39, 0.29) is 6.04 Å². The first kappa shape index (κ1) is 13.5. The normalized spacial score (nSPS) is 14.8. The molecule has 3 heteroatoms. The molecule has 0 amide bonds. The lowest BCUT2D eigenvalue weighted by Gasteiger charge is -2.20. The minimum Gasteiger partial charge on any atom is -0.493 e. The average Bonchev–Trinajstić information content (AvgIpc) is 2.92. The number of fused-ring (bicyclic) bond motifs is 1. The van der Waals surface area contributed by atoms with Crippen LogP contribution in [0.3, 0.4) is 0 Å². The Balaban J connectivity index is 2.03. The molecule has 0 saturated heterocycles. The molecule has 1 heterocycles. The van der Waals surface area contributed by atoms with Gasteiger partial charge in [0, 0.05) is 11.4 Å². The van der Waals surface area contributed by atoms with E-state index in [1.54, 1.807) is 0 Å². The van der Waals surface area contributed by atoms with Crippen LogP contribution in [0, 0.1) is 6.92 Å². The molecular formula is C17H18ClNO. The number of nitrogens with one attached hydrogen (secondary N) is 1. The Morgan fingerprint density at radius 3 is 2.90 bits per heavy atom. The molecule has 0 radical (unpaired) electrons. The lowest BCUT2D eigenvalue weighted by atomic mass is 9.95. The fourth-order valence-electron chi connectivity index (χ4n) is 2.78. The van der Waals surface area contributed by atoms with E-state index in [1.165, 1.54) is 11.1 Å². The third-order valence-corrected chi connectivity index (χ3v) is 4.38. The Morgan fingerprint density at radius 1 is 1.25 bits per heavy atom. The summed E-state index contributed by atoms with van der Waals surface area (Å²) in [5, 5.41) is 4.21. The molecule has 20 heavy (non-hydrogen) atoms. The number of benzene rings is 2. The predicted octanol–water partition coefficient (Wildman–Crippen LogP) is 3.89. The summed E-state index contributed by atoms with van der Waals surface area (Å²) in [4.78, 5) is 0. The van der Waals surface area contributed by atoms with Crippen molar-refractivity contribution in [3.63, 3.8) is 0 Å². The van der Waals surface area contributed by atoms with Crippen molar-refractivity contribution < 1.29 is 4.74 Å². The second kappa shape index (κ2) is 5.47. The molecule has 2 nitrogen and oxygen atoms in total. The lowest BCUT2D eigenvalue weighted by molar-refractivity contribution is 0.357. The molecule has 0 saturated carbocycles. The van der Waals surface area contributed by atoms with Gasteiger partial charge in [-0.2, -0.15) is 0 Å². The van der Waals surface area contributed by atoms with Crippen molar-refractivity contribution in [1.29, 1.82) is 0 Å². The third-order valence-electron chi connectivity index (χ3n) is 3.87. The SMILES string of the molecule is CNC(c1ccc2c(c1)CCO2)c1cccc(C)c1Cl. The van der Waals surface area contributed by atoms with Crippen LogP contribution in [0.2, 0.25) is 5.02 Å². The topological polar surface area (TPSA) is 21.3 Å². The van der Waals surface area contributed by atoms with E-state index in [1.807, 2.05) is 20.0 Å². The van der Waals surface area contributed by atoms with Gasteiger partial charge in [0.2, 0.25) is 0 Å². The highest BCUT2D eigenvalue weighted by Crippen LogP contribution is 2.33. The molecule has 0 bridgehead atoms. The molecule has 1 aliphatic rings. The molecule has 1 unspecified atom stereocenters. The highest BCUT2D eigenvalue weighted by atomic mass is 35.5. The van der Waals surface area contributed by atoms with Crippen LogP contribution in [-0.4, -0.2) is 13.7 Å². The fraction of sp³-hybridized carbons (Fsp3) is 0.294. The van der Waals surface area contributed by atoms with Gasteiger partial charge in [-0.15, -0.1) is 0 Å². The zero-order chi connectivity index (χ0) is 14.1. The van der Waals surface area contributed by atoms with E-state index < -0.39 is 0 Å². The van der Waals surface area contributed by atoms with E-state index in [0.717, 1.165) is 34.9 Å². The number of ether oxygens (including phenoxy) is 1. The third kappa shape index (κ3) is 2.30. The largest absolute Gasteiger partial charge is 0.493 e. The van der Waals surface area contributed by atoms with Gasteiger partial charge >= 0.3 is 0 Å². The summed E-state index contributed by atoms with van der Waals surface area (Å²) < 4.78 is 5.57. The van der Waals surface area contributed by atoms with Crippen LogP contribution in [0.5, 0.6) is 5.75 Å². The maximum Gasteiger partial charge on any atom is 0.122 e. The number of hydrogen-bond donors (Lipinski definition) is 1. The summed E-state index contributed by atoms with van der Waals surface area (Å²) in [6.07, 6.45) is 0.987. The summed E-state index contributed by atoms with van der Waals surface area (Å²) in [5.74, 6) is 1.01. The van der Waals surface area contributed by atoms with E-state index in [9.17, 15) is 0 Å². The van der Waals surface area contributed by atoms with Crippen LogP contribution >= 0.6 is 11.6 Å². The first-order chi connectivity index (χ1) is 9.70. The quantitative estimate of drug-likeness (QED) is 0.925. The highest BCUT2D eigenvalue weighted by molar-refractivity contribution is 6.32. The summed E-state index contributed by atoms with van der Waals surface area (Å²) in [5.41, 5.74) is 4.73. The Hall–Kier alpha value is -1.51. The number of halogens is 1. The predicted molar refractivity (Wildman–Crippen MR) is 82.7 cm³/mol. The molecule has 0 fully saturated rings. The van der Waals surface area contributed by atoms with Gasteiger partial charge in [-0.25, -0.2) is 0 Å². The first-order valence-corrected chi connectivity index (χ1v) is 7.26. The summed E-state index contributed by atoms with van der Waals surface area (Å²) in [7, 11) is 1.97. The van der Waals surface area contributed by atoms with Crippen molar-refractivity contribution >= 4 is 11.6 Å².